The van der Waals surface area contributed by atoms with E-state index in [4.69, 9.17) is 25.8 Å². The minimum atomic E-state index is -0.646. The maximum Gasteiger partial charge on any atom is 0.338 e. The van der Waals surface area contributed by atoms with Gasteiger partial charge in [0.2, 0.25) is 0 Å². The molecule has 2 aromatic rings. The van der Waals surface area contributed by atoms with Crippen molar-refractivity contribution >= 4 is 34.8 Å². The second-order valence-electron chi connectivity index (χ2n) is 5.24. The highest BCUT2D eigenvalue weighted by atomic mass is 35.5. The number of amides is 1. The van der Waals surface area contributed by atoms with Gasteiger partial charge in [-0.3, -0.25) is 4.79 Å². The number of nitrogens with one attached hydrogen (secondary N) is 1. The minimum absolute atomic E-state index is 0.209. The normalized spacial score (nSPS) is 12.5. The third kappa shape index (κ3) is 4.64. The van der Waals surface area contributed by atoms with E-state index in [2.05, 4.69) is 5.32 Å². The largest absolute Gasteiger partial charge is 0.486 e. The van der Waals surface area contributed by atoms with Gasteiger partial charge in [-0.25, -0.2) is 4.79 Å². The van der Waals surface area contributed by atoms with E-state index in [1.54, 1.807) is 11.3 Å². The number of carbonyl (C=O) groups excluding carboxylic acids is 2. The Morgan fingerprint density at radius 1 is 1.28 bits per heavy atom. The van der Waals surface area contributed by atoms with Crippen molar-refractivity contribution in [1.29, 1.82) is 0 Å². The molecule has 6 nitrogen and oxygen atoms in total. The summed E-state index contributed by atoms with van der Waals surface area (Å²) in [6.07, 6.45) is 0.745. The lowest BCUT2D eigenvalue weighted by molar-refractivity contribution is -0.124. The molecule has 1 aromatic carbocycles. The zero-order valence-electron chi connectivity index (χ0n) is 13.2. The first-order chi connectivity index (χ1) is 12.1. The maximum atomic E-state index is 12.1. The molecule has 8 heteroatoms. The van der Waals surface area contributed by atoms with Crippen molar-refractivity contribution in [3.63, 3.8) is 0 Å². The van der Waals surface area contributed by atoms with Gasteiger partial charge >= 0.3 is 5.97 Å². The van der Waals surface area contributed by atoms with Crippen molar-refractivity contribution in [1.82, 2.24) is 5.32 Å². The molecular formula is C17H16ClNO5S. The summed E-state index contributed by atoms with van der Waals surface area (Å²) in [4.78, 5) is 25.0. The van der Waals surface area contributed by atoms with Crippen LogP contribution in [0, 0.1) is 0 Å². The highest BCUT2D eigenvalue weighted by molar-refractivity contribution is 7.09. The summed E-state index contributed by atoms with van der Waals surface area (Å²) in [6, 6.07) is 6.90. The number of hydrogen-bond acceptors (Lipinski definition) is 6. The van der Waals surface area contributed by atoms with Crippen LogP contribution in [0.5, 0.6) is 11.5 Å². The molecule has 3 rings (SSSR count). The third-order valence-corrected chi connectivity index (χ3v) is 4.66. The molecule has 132 valence electrons. The summed E-state index contributed by atoms with van der Waals surface area (Å²) < 4.78 is 15.8. The number of carbonyl (C=O) groups is 2. The van der Waals surface area contributed by atoms with Gasteiger partial charge < -0.3 is 19.5 Å². The number of halogens is 1. The highest BCUT2D eigenvalue weighted by Gasteiger charge is 2.20. The van der Waals surface area contributed by atoms with Crippen LogP contribution in [-0.2, 0) is 16.0 Å². The molecule has 1 aliphatic heterocycles. The Kier molecular flexibility index (Phi) is 5.78. The van der Waals surface area contributed by atoms with Crippen LogP contribution in [0.2, 0.25) is 5.02 Å². The predicted molar refractivity (Wildman–Crippen MR) is 93.8 cm³/mol. The lowest BCUT2D eigenvalue weighted by atomic mass is 10.2. The summed E-state index contributed by atoms with van der Waals surface area (Å²) in [7, 11) is 0. The van der Waals surface area contributed by atoms with E-state index >= 15 is 0 Å². The lowest BCUT2D eigenvalue weighted by Crippen LogP contribution is -2.30. The molecule has 0 atom stereocenters. The van der Waals surface area contributed by atoms with E-state index in [0.717, 1.165) is 6.42 Å². The molecule has 1 aromatic heterocycles. The van der Waals surface area contributed by atoms with Crippen molar-refractivity contribution in [2.45, 2.75) is 6.42 Å². The molecule has 0 saturated heterocycles. The van der Waals surface area contributed by atoms with Crippen LogP contribution < -0.4 is 14.8 Å². The number of thiophene rings is 1. The molecule has 0 bridgehead atoms. The van der Waals surface area contributed by atoms with E-state index in [1.165, 1.54) is 17.0 Å². The number of rotatable bonds is 6. The molecule has 0 fully saturated rings. The Balaban J connectivity index is 1.48. The Morgan fingerprint density at radius 2 is 2.12 bits per heavy atom. The van der Waals surface area contributed by atoms with Crippen LogP contribution in [0.4, 0.5) is 0 Å². The van der Waals surface area contributed by atoms with Gasteiger partial charge in [0.25, 0.3) is 5.91 Å². The first-order valence-corrected chi connectivity index (χ1v) is 8.94. The maximum absolute atomic E-state index is 12.1. The van der Waals surface area contributed by atoms with Crippen LogP contribution >= 0.6 is 22.9 Å². The zero-order valence-corrected chi connectivity index (χ0v) is 14.8. The van der Waals surface area contributed by atoms with Gasteiger partial charge in [0.15, 0.2) is 18.1 Å². The van der Waals surface area contributed by atoms with Gasteiger partial charge in [0.1, 0.15) is 13.2 Å². The van der Waals surface area contributed by atoms with Gasteiger partial charge in [-0.15, -0.1) is 11.3 Å². The van der Waals surface area contributed by atoms with E-state index < -0.39 is 5.97 Å². The van der Waals surface area contributed by atoms with Crippen molar-refractivity contribution in [2.75, 3.05) is 26.4 Å². The van der Waals surface area contributed by atoms with E-state index in [0.29, 0.717) is 31.3 Å². The standard InChI is InChI=1S/C17H16ClNO5S/c18-13-8-11(9-14-16(13)23-6-5-22-14)17(21)24-10-15(20)19-4-3-12-2-1-7-25-12/h1-2,7-9H,3-6,10H2,(H,19,20). The third-order valence-electron chi connectivity index (χ3n) is 3.44. The molecule has 25 heavy (non-hydrogen) atoms. The molecule has 1 aliphatic rings. The van der Waals surface area contributed by atoms with E-state index in [9.17, 15) is 9.59 Å². The first-order valence-electron chi connectivity index (χ1n) is 7.69. The SMILES string of the molecule is O=C(COC(=O)c1cc(Cl)c2c(c1)OCCO2)NCCc1cccs1. The average Bonchev–Trinajstić information content (AvgIpc) is 3.13. The Labute approximate surface area is 153 Å². The summed E-state index contributed by atoms with van der Waals surface area (Å²) in [6.45, 7) is 0.929. The fourth-order valence-electron chi connectivity index (χ4n) is 2.27. The number of hydrogen-bond donors (Lipinski definition) is 1. The Bertz CT molecular complexity index is 763. The van der Waals surface area contributed by atoms with Crippen molar-refractivity contribution < 1.29 is 23.8 Å². The monoisotopic (exact) mass is 381 g/mol. The van der Waals surface area contributed by atoms with Crippen LogP contribution in [0.15, 0.2) is 29.6 Å². The second kappa shape index (κ2) is 8.22. The zero-order chi connectivity index (χ0) is 17.6. The minimum Gasteiger partial charge on any atom is -0.486 e. The molecule has 2 heterocycles. The Hall–Kier alpha value is -2.25. The van der Waals surface area contributed by atoms with Gasteiger partial charge in [-0.2, -0.15) is 0 Å². The summed E-state index contributed by atoms with van der Waals surface area (Å²) in [5, 5.41) is 4.96. The van der Waals surface area contributed by atoms with Gasteiger partial charge in [-0.05, 0) is 30.0 Å². The van der Waals surface area contributed by atoms with Crippen LogP contribution in [0.25, 0.3) is 0 Å². The van der Waals surface area contributed by atoms with Crippen molar-refractivity contribution in [2.24, 2.45) is 0 Å². The fourth-order valence-corrected chi connectivity index (χ4v) is 3.25. The van der Waals surface area contributed by atoms with Crippen LogP contribution in [0.3, 0.4) is 0 Å². The van der Waals surface area contributed by atoms with Gasteiger partial charge in [0, 0.05) is 11.4 Å². The summed E-state index contributed by atoms with van der Waals surface area (Å²) in [5.41, 5.74) is 0.209. The number of benzene rings is 1. The quantitative estimate of drug-likeness (QED) is 0.779. The van der Waals surface area contributed by atoms with Crippen LogP contribution in [0.1, 0.15) is 15.2 Å². The molecule has 0 saturated carbocycles. The summed E-state index contributed by atoms with van der Waals surface area (Å²) in [5.74, 6) is -0.192. The second-order valence-corrected chi connectivity index (χ2v) is 6.68. The smallest absolute Gasteiger partial charge is 0.338 e. The molecule has 0 unspecified atom stereocenters. The van der Waals surface area contributed by atoms with Crippen molar-refractivity contribution in [3.05, 3.63) is 45.1 Å². The number of ether oxygens (including phenoxy) is 3. The average molecular weight is 382 g/mol. The van der Waals surface area contributed by atoms with E-state index in [1.807, 2.05) is 17.5 Å². The first kappa shape index (κ1) is 17.6. The van der Waals surface area contributed by atoms with E-state index in [-0.39, 0.29) is 23.1 Å². The number of esters is 1. The molecule has 0 spiro atoms. The lowest BCUT2D eigenvalue weighted by Gasteiger charge is -2.19. The topological polar surface area (TPSA) is 73.9 Å². The molecular weight excluding hydrogens is 366 g/mol. The molecule has 0 radical (unpaired) electrons. The molecule has 1 amide bonds. The molecule has 0 aliphatic carbocycles. The van der Waals surface area contributed by atoms with Crippen molar-refractivity contribution in [3.8, 4) is 11.5 Å². The Morgan fingerprint density at radius 3 is 2.92 bits per heavy atom. The highest BCUT2D eigenvalue weighted by Crippen LogP contribution is 2.38. The fraction of sp³-hybridized carbons (Fsp3) is 0.294. The van der Waals surface area contributed by atoms with Gasteiger partial charge in [0.05, 0.1) is 10.6 Å². The number of fused-ring (bicyclic) bond motifs is 1. The molecule has 1 N–H and O–H groups in total. The summed E-state index contributed by atoms with van der Waals surface area (Å²) >= 11 is 7.71. The van der Waals surface area contributed by atoms with Gasteiger partial charge in [-0.1, -0.05) is 17.7 Å². The van der Waals surface area contributed by atoms with Crippen LogP contribution in [-0.4, -0.2) is 38.2 Å². The predicted octanol–water partition coefficient (Wildman–Crippen LogP) is 2.69.